The minimum absolute atomic E-state index is 0.696. The number of ether oxygens (including phenoxy) is 1. The molecule has 3 heteroatoms. The second-order valence-corrected chi connectivity index (χ2v) is 3.97. The molecule has 0 saturated heterocycles. The van der Waals surface area contributed by atoms with Crippen LogP contribution in [0.1, 0.15) is 18.1 Å². The molecule has 0 aliphatic heterocycles. The molecular weight excluding hydrogens is 200 g/mol. The van der Waals surface area contributed by atoms with Crippen LogP contribution < -0.4 is 10.5 Å². The number of methoxy groups -OCH3 is 1. The van der Waals surface area contributed by atoms with Crippen molar-refractivity contribution in [3.8, 4) is 5.75 Å². The van der Waals surface area contributed by atoms with E-state index in [4.69, 9.17) is 10.5 Å². The van der Waals surface area contributed by atoms with Gasteiger partial charge in [-0.3, -0.25) is 4.90 Å². The maximum Gasteiger partial charge on any atom is 0.123 e. The van der Waals surface area contributed by atoms with E-state index in [0.717, 1.165) is 25.4 Å². The van der Waals surface area contributed by atoms with Gasteiger partial charge in [-0.15, -0.1) is 0 Å². The van der Waals surface area contributed by atoms with Crippen LogP contribution in [0.3, 0.4) is 0 Å². The highest BCUT2D eigenvalue weighted by molar-refractivity contribution is 5.36. The van der Waals surface area contributed by atoms with Gasteiger partial charge < -0.3 is 10.5 Å². The highest BCUT2D eigenvalue weighted by Gasteiger charge is 2.07. The van der Waals surface area contributed by atoms with Crippen molar-refractivity contribution in [1.82, 2.24) is 4.90 Å². The molecule has 16 heavy (non-hydrogen) atoms. The zero-order valence-electron chi connectivity index (χ0n) is 10.5. The monoisotopic (exact) mass is 222 g/mol. The summed E-state index contributed by atoms with van der Waals surface area (Å²) in [5.41, 5.74) is 8.08. The van der Waals surface area contributed by atoms with Crippen molar-refractivity contribution in [2.75, 3.05) is 26.7 Å². The van der Waals surface area contributed by atoms with Gasteiger partial charge >= 0.3 is 0 Å². The van der Waals surface area contributed by atoms with Gasteiger partial charge in [0.15, 0.2) is 0 Å². The molecular formula is C13H22N2O. The number of hydrogen-bond donors (Lipinski definition) is 1. The van der Waals surface area contributed by atoms with Gasteiger partial charge in [0.1, 0.15) is 5.75 Å². The van der Waals surface area contributed by atoms with Crippen LogP contribution in [0.25, 0.3) is 0 Å². The normalized spacial score (nSPS) is 10.8. The zero-order valence-corrected chi connectivity index (χ0v) is 10.5. The van der Waals surface area contributed by atoms with Crippen molar-refractivity contribution >= 4 is 0 Å². The quantitative estimate of drug-likeness (QED) is 0.797. The highest BCUT2D eigenvalue weighted by atomic mass is 16.5. The fourth-order valence-electron chi connectivity index (χ4n) is 1.80. The predicted molar refractivity (Wildman–Crippen MR) is 67.7 cm³/mol. The summed E-state index contributed by atoms with van der Waals surface area (Å²) < 4.78 is 5.37. The van der Waals surface area contributed by atoms with Crippen molar-refractivity contribution in [2.45, 2.75) is 20.4 Å². The summed E-state index contributed by atoms with van der Waals surface area (Å²) in [5.74, 6) is 0.959. The number of nitrogens with two attached hydrogens (primary N) is 1. The highest BCUT2D eigenvalue weighted by Crippen LogP contribution is 2.21. The molecule has 0 radical (unpaired) electrons. The topological polar surface area (TPSA) is 38.5 Å². The lowest BCUT2D eigenvalue weighted by Gasteiger charge is -2.21. The molecule has 0 saturated carbocycles. The lowest BCUT2D eigenvalue weighted by Crippen LogP contribution is -2.29. The number of likely N-dealkylation sites (N-methyl/N-ethyl adjacent to an activating group) is 1. The van der Waals surface area contributed by atoms with E-state index in [2.05, 4.69) is 30.9 Å². The molecule has 0 atom stereocenters. The first-order valence-corrected chi connectivity index (χ1v) is 5.77. The van der Waals surface area contributed by atoms with Crippen LogP contribution in [-0.2, 0) is 6.54 Å². The predicted octanol–water partition coefficient (Wildman–Crippen LogP) is 1.78. The van der Waals surface area contributed by atoms with Crippen LogP contribution in [-0.4, -0.2) is 31.6 Å². The van der Waals surface area contributed by atoms with Crippen LogP contribution in [0.4, 0.5) is 0 Å². The van der Waals surface area contributed by atoms with Crippen LogP contribution >= 0.6 is 0 Å². The minimum atomic E-state index is 0.696. The van der Waals surface area contributed by atoms with Gasteiger partial charge in [0.25, 0.3) is 0 Å². The number of hydrogen-bond acceptors (Lipinski definition) is 3. The second kappa shape index (κ2) is 6.51. The van der Waals surface area contributed by atoms with Gasteiger partial charge in [-0.1, -0.05) is 24.6 Å². The van der Waals surface area contributed by atoms with Crippen molar-refractivity contribution in [1.29, 1.82) is 0 Å². The van der Waals surface area contributed by atoms with Crippen LogP contribution in [0.15, 0.2) is 18.2 Å². The van der Waals surface area contributed by atoms with Crippen molar-refractivity contribution < 1.29 is 4.74 Å². The van der Waals surface area contributed by atoms with E-state index in [1.807, 2.05) is 6.07 Å². The molecule has 0 unspecified atom stereocenters. The summed E-state index contributed by atoms with van der Waals surface area (Å²) in [4.78, 5) is 2.32. The summed E-state index contributed by atoms with van der Waals surface area (Å²) in [6.07, 6.45) is 0. The van der Waals surface area contributed by atoms with Gasteiger partial charge in [0.05, 0.1) is 7.11 Å². The van der Waals surface area contributed by atoms with Gasteiger partial charge in [0, 0.05) is 25.2 Å². The average Bonchev–Trinajstić information content (AvgIpc) is 2.29. The number of rotatable bonds is 6. The van der Waals surface area contributed by atoms with Crippen molar-refractivity contribution in [2.24, 2.45) is 5.73 Å². The number of nitrogens with zero attached hydrogens (tertiary/aromatic N) is 1. The fourth-order valence-corrected chi connectivity index (χ4v) is 1.80. The summed E-state index contributed by atoms with van der Waals surface area (Å²) >= 11 is 0. The maximum atomic E-state index is 5.59. The van der Waals surface area contributed by atoms with E-state index in [1.54, 1.807) is 7.11 Å². The molecule has 1 rings (SSSR count). The second-order valence-electron chi connectivity index (χ2n) is 3.97. The van der Waals surface area contributed by atoms with Crippen molar-refractivity contribution in [3.05, 3.63) is 29.3 Å². The Morgan fingerprint density at radius 2 is 2.12 bits per heavy atom. The Bertz CT molecular complexity index is 326. The Balaban J connectivity index is 2.80. The maximum absolute atomic E-state index is 5.59. The molecule has 1 aromatic carbocycles. The van der Waals surface area contributed by atoms with Crippen LogP contribution in [0.2, 0.25) is 0 Å². The third kappa shape index (κ3) is 3.51. The Kier molecular flexibility index (Phi) is 5.29. The van der Waals surface area contributed by atoms with E-state index in [9.17, 15) is 0 Å². The standard InChI is InChI=1S/C13H22N2O/c1-4-15(8-7-14)10-12-9-11(2)5-6-13(12)16-3/h5-6,9H,4,7-8,10,14H2,1-3H3. The summed E-state index contributed by atoms with van der Waals surface area (Å²) in [7, 11) is 1.72. The third-order valence-corrected chi connectivity index (χ3v) is 2.72. The Labute approximate surface area is 98.2 Å². The third-order valence-electron chi connectivity index (χ3n) is 2.72. The van der Waals surface area contributed by atoms with Gasteiger partial charge in [-0.2, -0.15) is 0 Å². The molecule has 0 heterocycles. The van der Waals surface area contributed by atoms with Gasteiger partial charge in [-0.05, 0) is 19.5 Å². The minimum Gasteiger partial charge on any atom is -0.496 e. The molecule has 0 spiro atoms. The molecule has 0 amide bonds. The number of benzene rings is 1. The van der Waals surface area contributed by atoms with E-state index >= 15 is 0 Å². The first kappa shape index (κ1) is 13.0. The molecule has 0 fully saturated rings. The van der Waals surface area contributed by atoms with Gasteiger partial charge in [0.2, 0.25) is 0 Å². The van der Waals surface area contributed by atoms with E-state index < -0.39 is 0 Å². The lowest BCUT2D eigenvalue weighted by atomic mass is 10.1. The van der Waals surface area contributed by atoms with Crippen molar-refractivity contribution in [3.63, 3.8) is 0 Å². The first-order chi connectivity index (χ1) is 7.71. The van der Waals surface area contributed by atoms with Gasteiger partial charge in [-0.25, -0.2) is 0 Å². The largest absolute Gasteiger partial charge is 0.496 e. The lowest BCUT2D eigenvalue weighted by molar-refractivity contribution is 0.282. The fraction of sp³-hybridized carbons (Fsp3) is 0.538. The summed E-state index contributed by atoms with van der Waals surface area (Å²) in [5, 5.41) is 0. The molecule has 1 aromatic rings. The Morgan fingerprint density at radius 1 is 1.38 bits per heavy atom. The van der Waals surface area contributed by atoms with Crippen LogP contribution in [0.5, 0.6) is 5.75 Å². The molecule has 0 bridgehead atoms. The smallest absolute Gasteiger partial charge is 0.123 e. The van der Waals surface area contributed by atoms with Crippen LogP contribution in [0, 0.1) is 6.92 Å². The molecule has 0 aliphatic carbocycles. The molecule has 0 aromatic heterocycles. The molecule has 90 valence electrons. The first-order valence-electron chi connectivity index (χ1n) is 5.77. The average molecular weight is 222 g/mol. The van der Waals surface area contributed by atoms with E-state index in [1.165, 1.54) is 11.1 Å². The summed E-state index contributed by atoms with van der Waals surface area (Å²) in [6.45, 7) is 7.78. The SMILES string of the molecule is CCN(CCN)Cc1cc(C)ccc1OC. The number of aryl methyl sites for hydroxylation is 1. The molecule has 0 aliphatic rings. The Hall–Kier alpha value is -1.06. The van der Waals surface area contributed by atoms with E-state index in [-0.39, 0.29) is 0 Å². The summed E-state index contributed by atoms with van der Waals surface area (Å²) in [6, 6.07) is 6.28. The molecule has 3 nitrogen and oxygen atoms in total. The Morgan fingerprint density at radius 3 is 2.69 bits per heavy atom. The zero-order chi connectivity index (χ0) is 12.0. The molecule has 2 N–H and O–H groups in total. The van der Waals surface area contributed by atoms with E-state index in [0.29, 0.717) is 6.54 Å².